The van der Waals surface area contributed by atoms with Crippen molar-refractivity contribution >= 4 is 11.6 Å². The van der Waals surface area contributed by atoms with Crippen LogP contribution in [0.1, 0.15) is 18.9 Å². The number of alkyl halides is 3. The second-order valence-corrected chi connectivity index (χ2v) is 3.91. The molecule has 0 heterocycles. The number of methoxy groups -OCH3 is 1. The third kappa shape index (κ3) is 3.85. The van der Waals surface area contributed by atoms with Gasteiger partial charge in [0.2, 0.25) is 5.91 Å². The molecule has 0 aromatic heterocycles. The molecule has 0 unspecified atom stereocenters. The van der Waals surface area contributed by atoms with Gasteiger partial charge in [0.1, 0.15) is 5.75 Å². The number of amides is 1. The van der Waals surface area contributed by atoms with Crippen molar-refractivity contribution in [3.05, 3.63) is 23.8 Å². The number of rotatable bonds is 4. The molecule has 0 aliphatic rings. The lowest BCUT2D eigenvalue weighted by molar-refractivity contribution is -0.137. The quantitative estimate of drug-likeness (QED) is 0.887. The van der Waals surface area contributed by atoms with Crippen molar-refractivity contribution < 1.29 is 22.7 Å². The number of halogens is 3. The third-order valence-corrected chi connectivity index (χ3v) is 2.57. The van der Waals surface area contributed by atoms with E-state index in [-0.39, 0.29) is 11.4 Å². The number of nitrogens with one attached hydrogen (secondary N) is 1. The van der Waals surface area contributed by atoms with Crippen LogP contribution in [-0.2, 0) is 11.0 Å². The van der Waals surface area contributed by atoms with E-state index in [0.717, 1.165) is 12.1 Å². The molecule has 7 heteroatoms. The molecule has 0 saturated heterocycles. The van der Waals surface area contributed by atoms with Crippen LogP contribution in [0, 0.1) is 0 Å². The van der Waals surface area contributed by atoms with Crippen molar-refractivity contribution in [3.8, 4) is 5.75 Å². The molecular weight excluding hydrogens is 261 g/mol. The zero-order chi connectivity index (χ0) is 14.6. The Labute approximate surface area is 108 Å². The highest BCUT2D eigenvalue weighted by Gasteiger charge is 2.34. The molecule has 4 nitrogen and oxygen atoms in total. The van der Waals surface area contributed by atoms with E-state index in [4.69, 9.17) is 10.5 Å². The molecule has 0 radical (unpaired) electrons. The van der Waals surface area contributed by atoms with Gasteiger partial charge in [0.05, 0.1) is 24.4 Å². The van der Waals surface area contributed by atoms with E-state index in [1.807, 2.05) is 0 Å². The van der Waals surface area contributed by atoms with E-state index < -0.39 is 23.7 Å². The van der Waals surface area contributed by atoms with Crippen LogP contribution >= 0.6 is 0 Å². The van der Waals surface area contributed by atoms with Crippen LogP contribution in [0.4, 0.5) is 18.9 Å². The summed E-state index contributed by atoms with van der Waals surface area (Å²) in [7, 11) is 1.26. The van der Waals surface area contributed by atoms with Gasteiger partial charge in [-0.1, -0.05) is 6.92 Å². The molecule has 0 bridgehead atoms. The minimum atomic E-state index is -4.59. The molecule has 0 aliphatic heterocycles. The first-order valence-electron chi connectivity index (χ1n) is 5.61. The van der Waals surface area contributed by atoms with E-state index in [0.29, 0.717) is 6.42 Å². The Hall–Kier alpha value is -1.76. The Morgan fingerprint density at radius 1 is 1.47 bits per heavy atom. The zero-order valence-corrected chi connectivity index (χ0v) is 10.5. The molecular formula is C12H15F3N2O2. The third-order valence-electron chi connectivity index (χ3n) is 2.57. The lowest BCUT2D eigenvalue weighted by atomic mass is 10.1. The minimum absolute atomic E-state index is 0.0603. The van der Waals surface area contributed by atoms with E-state index >= 15 is 0 Å². The minimum Gasteiger partial charge on any atom is -0.497 e. The van der Waals surface area contributed by atoms with E-state index in [1.54, 1.807) is 6.92 Å². The lowest BCUT2D eigenvalue weighted by Gasteiger charge is -2.16. The average molecular weight is 276 g/mol. The number of hydrogen-bond acceptors (Lipinski definition) is 3. The molecule has 1 rings (SSSR count). The summed E-state index contributed by atoms with van der Waals surface area (Å²) in [5.74, 6) is -0.594. The predicted octanol–water partition coefficient (Wildman–Crippen LogP) is 2.39. The maximum absolute atomic E-state index is 12.9. The highest BCUT2D eigenvalue weighted by Crippen LogP contribution is 2.37. The summed E-state index contributed by atoms with van der Waals surface area (Å²) in [6, 6.07) is 2.46. The summed E-state index contributed by atoms with van der Waals surface area (Å²) >= 11 is 0. The van der Waals surface area contributed by atoms with Crippen molar-refractivity contribution in [1.82, 2.24) is 0 Å². The smallest absolute Gasteiger partial charge is 0.418 e. The number of carbonyl (C=O) groups is 1. The number of anilines is 1. The van der Waals surface area contributed by atoms with Crippen LogP contribution in [0.2, 0.25) is 0 Å². The largest absolute Gasteiger partial charge is 0.497 e. The van der Waals surface area contributed by atoms with Crippen molar-refractivity contribution in [2.45, 2.75) is 25.6 Å². The summed E-state index contributed by atoms with van der Waals surface area (Å²) < 4.78 is 43.3. The Bertz CT molecular complexity index is 461. The Kier molecular flexibility index (Phi) is 4.77. The van der Waals surface area contributed by atoms with Crippen LogP contribution < -0.4 is 15.8 Å². The molecule has 3 N–H and O–H groups in total. The van der Waals surface area contributed by atoms with Crippen LogP contribution in [0.5, 0.6) is 5.75 Å². The Morgan fingerprint density at radius 2 is 2.11 bits per heavy atom. The van der Waals surface area contributed by atoms with Gasteiger partial charge in [-0.15, -0.1) is 0 Å². The molecule has 0 saturated carbocycles. The molecule has 19 heavy (non-hydrogen) atoms. The second kappa shape index (κ2) is 5.92. The van der Waals surface area contributed by atoms with Gasteiger partial charge in [0.15, 0.2) is 0 Å². The molecule has 106 valence electrons. The standard InChI is InChI=1S/C12H15F3N2O2/c1-3-9(16)11(18)17-10-5-4-7(19-2)6-8(10)12(13,14)15/h4-6,9H,3,16H2,1-2H3,(H,17,18)/t9-/m0/s1. The molecule has 1 aromatic carbocycles. The van der Waals surface area contributed by atoms with Gasteiger partial charge >= 0.3 is 6.18 Å². The summed E-state index contributed by atoms with van der Waals surface area (Å²) in [6.45, 7) is 1.67. The van der Waals surface area contributed by atoms with Gasteiger partial charge in [-0.05, 0) is 24.6 Å². The summed E-state index contributed by atoms with van der Waals surface area (Å²) in [5, 5.41) is 2.18. The predicted molar refractivity (Wildman–Crippen MR) is 64.9 cm³/mol. The molecule has 0 spiro atoms. The SMILES string of the molecule is CC[C@H](N)C(=O)Nc1ccc(OC)cc1C(F)(F)F. The first kappa shape index (κ1) is 15.3. The molecule has 1 atom stereocenters. The van der Waals surface area contributed by atoms with Crippen molar-refractivity contribution in [2.75, 3.05) is 12.4 Å². The summed E-state index contributed by atoms with van der Waals surface area (Å²) in [4.78, 5) is 11.5. The van der Waals surface area contributed by atoms with Gasteiger partial charge in [-0.3, -0.25) is 4.79 Å². The first-order chi connectivity index (χ1) is 8.79. The highest BCUT2D eigenvalue weighted by molar-refractivity contribution is 5.95. The number of carbonyl (C=O) groups excluding carboxylic acids is 1. The van der Waals surface area contributed by atoms with Crippen LogP contribution in [-0.4, -0.2) is 19.1 Å². The maximum atomic E-state index is 12.9. The van der Waals surface area contributed by atoms with Crippen molar-refractivity contribution in [2.24, 2.45) is 5.73 Å². The van der Waals surface area contributed by atoms with E-state index in [2.05, 4.69) is 5.32 Å². The fourth-order valence-corrected chi connectivity index (χ4v) is 1.40. The van der Waals surface area contributed by atoms with Gasteiger partial charge in [-0.2, -0.15) is 13.2 Å². The maximum Gasteiger partial charge on any atom is 0.418 e. The number of nitrogens with two attached hydrogens (primary N) is 1. The van der Waals surface area contributed by atoms with Crippen LogP contribution in [0.15, 0.2) is 18.2 Å². The van der Waals surface area contributed by atoms with Gasteiger partial charge < -0.3 is 15.8 Å². The molecule has 1 aromatic rings. The number of benzene rings is 1. The Balaban J connectivity index is 3.10. The summed E-state index contributed by atoms with van der Waals surface area (Å²) in [5.41, 5.74) is 4.16. The highest BCUT2D eigenvalue weighted by atomic mass is 19.4. The lowest BCUT2D eigenvalue weighted by Crippen LogP contribution is -2.35. The van der Waals surface area contributed by atoms with Crippen molar-refractivity contribution in [1.29, 1.82) is 0 Å². The van der Waals surface area contributed by atoms with E-state index in [9.17, 15) is 18.0 Å². The normalized spacial score (nSPS) is 12.9. The van der Waals surface area contributed by atoms with Gasteiger partial charge in [-0.25, -0.2) is 0 Å². The number of ether oxygens (including phenoxy) is 1. The second-order valence-electron chi connectivity index (χ2n) is 3.91. The zero-order valence-electron chi connectivity index (χ0n) is 10.5. The van der Waals surface area contributed by atoms with Crippen LogP contribution in [0.25, 0.3) is 0 Å². The van der Waals surface area contributed by atoms with Gasteiger partial charge in [0.25, 0.3) is 0 Å². The average Bonchev–Trinajstić information content (AvgIpc) is 2.36. The van der Waals surface area contributed by atoms with Crippen LogP contribution in [0.3, 0.4) is 0 Å². The topological polar surface area (TPSA) is 64.4 Å². The fraction of sp³-hybridized carbons (Fsp3) is 0.417. The van der Waals surface area contributed by atoms with Gasteiger partial charge in [0, 0.05) is 0 Å². The summed E-state index contributed by atoms with van der Waals surface area (Å²) in [6.07, 6.45) is -4.25. The Morgan fingerprint density at radius 3 is 2.58 bits per heavy atom. The van der Waals surface area contributed by atoms with Crippen molar-refractivity contribution in [3.63, 3.8) is 0 Å². The monoisotopic (exact) mass is 276 g/mol. The fourth-order valence-electron chi connectivity index (χ4n) is 1.40. The number of hydrogen-bond donors (Lipinski definition) is 2. The molecule has 1 amide bonds. The first-order valence-corrected chi connectivity index (χ1v) is 5.61. The molecule has 0 fully saturated rings. The van der Waals surface area contributed by atoms with E-state index in [1.165, 1.54) is 13.2 Å². The molecule has 0 aliphatic carbocycles.